The minimum Gasteiger partial charge on any atom is -0.314 e. The van der Waals surface area contributed by atoms with Gasteiger partial charge >= 0.3 is 0 Å². The van der Waals surface area contributed by atoms with Crippen LogP contribution in [-0.2, 0) is 13.5 Å². The molecular formula is C30H29N5O3S. The zero-order chi connectivity index (χ0) is 27.5. The molecule has 0 fully saturated rings. The molecule has 0 aliphatic rings. The number of non-ortho nitro benzene ring substituents is 1. The minimum absolute atomic E-state index is 0.0184. The second kappa shape index (κ2) is 11.1. The summed E-state index contributed by atoms with van der Waals surface area (Å²) in [6.45, 7) is 4.01. The highest BCUT2D eigenvalue weighted by Gasteiger charge is 2.19. The zero-order valence-corrected chi connectivity index (χ0v) is 22.8. The number of para-hydroxylation sites is 1. The Labute approximate surface area is 229 Å². The summed E-state index contributed by atoms with van der Waals surface area (Å²) in [7, 11) is 1.85. The predicted octanol–water partition coefficient (Wildman–Crippen LogP) is 6.35. The lowest BCUT2D eigenvalue weighted by Gasteiger charge is -2.17. The van der Waals surface area contributed by atoms with Gasteiger partial charge < -0.3 is 4.57 Å². The first-order chi connectivity index (χ1) is 18.8. The molecule has 2 heterocycles. The van der Waals surface area contributed by atoms with Crippen molar-refractivity contribution < 1.29 is 4.92 Å². The van der Waals surface area contributed by atoms with Crippen LogP contribution in [-0.4, -0.2) is 18.9 Å². The highest BCUT2D eigenvalue weighted by atomic mass is 32.1. The number of benzene rings is 3. The van der Waals surface area contributed by atoms with Gasteiger partial charge in [0.25, 0.3) is 11.2 Å². The number of aryl methyl sites for hydroxylation is 1. The second-order valence-electron chi connectivity index (χ2n) is 9.48. The average molecular weight is 540 g/mol. The van der Waals surface area contributed by atoms with E-state index in [9.17, 15) is 14.9 Å². The highest BCUT2D eigenvalue weighted by Crippen LogP contribution is 2.29. The molecule has 1 atom stereocenters. The van der Waals surface area contributed by atoms with Crippen molar-refractivity contribution in [1.82, 2.24) is 13.9 Å². The third kappa shape index (κ3) is 5.26. The number of hydrogen-bond acceptors (Lipinski definition) is 5. The maximum absolute atomic E-state index is 13.6. The lowest BCUT2D eigenvalue weighted by Crippen LogP contribution is -2.22. The Morgan fingerprint density at radius 2 is 1.69 bits per heavy atom. The van der Waals surface area contributed by atoms with Gasteiger partial charge in [-0.2, -0.15) is 0 Å². The molecule has 0 saturated heterocycles. The Morgan fingerprint density at radius 3 is 2.38 bits per heavy atom. The van der Waals surface area contributed by atoms with Crippen LogP contribution in [0, 0.1) is 17.0 Å². The SMILES string of the molecule is Cc1c(N=c2scc(-c3cccc([N+](=O)[O-])c3)n2C(C)CCc2ccccc2)c(=O)n(-c2ccccc2)n1C. The fraction of sp³-hybridized carbons (Fsp3) is 0.200. The van der Waals surface area contributed by atoms with Gasteiger partial charge in [-0.25, -0.2) is 9.67 Å². The summed E-state index contributed by atoms with van der Waals surface area (Å²) in [5.41, 5.74) is 4.53. The monoisotopic (exact) mass is 539 g/mol. The first kappa shape index (κ1) is 26.1. The van der Waals surface area contributed by atoms with Crippen LogP contribution in [0.4, 0.5) is 11.4 Å². The molecular weight excluding hydrogens is 510 g/mol. The highest BCUT2D eigenvalue weighted by molar-refractivity contribution is 7.07. The molecule has 0 aliphatic heterocycles. The molecule has 0 bridgehead atoms. The van der Waals surface area contributed by atoms with Gasteiger partial charge in [-0.05, 0) is 44.4 Å². The third-order valence-electron chi connectivity index (χ3n) is 6.96. The van der Waals surface area contributed by atoms with Gasteiger partial charge in [0.15, 0.2) is 10.5 Å². The molecule has 8 nitrogen and oxygen atoms in total. The number of nitro groups is 1. The summed E-state index contributed by atoms with van der Waals surface area (Å²) >= 11 is 1.43. The maximum atomic E-state index is 13.6. The van der Waals surface area contributed by atoms with Crippen molar-refractivity contribution in [3.05, 3.63) is 127 Å². The van der Waals surface area contributed by atoms with E-state index in [0.29, 0.717) is 10.5 Å². The van der Waals surface area contributed by atoms with E-state index in [0.717, 1.165) is 35.5 Å². The Bertz CT molecular complexity index is 1750. The van der Waals surface area contributed by atoms with Crippen molar-refractivity contribution >= 4 is 22.7 Å². The molecule has 0 saturated carbocycles. The first-order valence-electron chi connectivity index (χ1n) is 12.7. The van der Waals surface area contributed by atoms with E-state index in [-0.39, 0.29) is 22.2 Å². The lowest BCUT2D eigenvalue weighted by atomic mass is 10.1. The van der Waals surface area contributed by atoms with Crippen LogP contribution in [0.5, 0.6) is 0 Å². The number of nitrogens with zero attached hydrogens (tertiary/aromatic N) is 5. The molecule has 9 heteroatoms. The summed E-state index contributed by atoms with van der Waals surface area (Å²) < 4.78 is 5.53. The molecule has 3 aromatic carbocycles. The minimum atomic E-state index is -0.385. The number of aromatic nitrogens is 3. The van der Waals surface area contributed by atoms with Gasteiger partial charge in [0.1, 0.15) is 0 Å². The van der Waals surface area contributed by atoms with Crippen molar-refractivity contribution in [1.29, 1.82) is 0 Å². The smallest absolute Gasteiger partial charge is 0.297 e. The van der Waals surface area contributed by atoms with Gasteiger partial charge in [0.05, 0.1) is 22.0 Å². The molecule has 5 aromatic rings. The van der Waals surface area contributed by atoms with Gasteiger partial charge in [-0.3, -0.25) is 19.6 Å². The summed E-state index contributed by atoms with van der Waals surface area (Å²) in [6, 6.07) is 26.4. The van der Waals surface area contributed by atoms with Crippen molar-refractivity contribution in [3.63, 3.8) is 0 Å². The molecule has 0 N–H and O–H groups in total. The third-order valence-corrected chi connectivity index (χ3v) is 7.80. The molecule has 5 rings (SSSR count). The fourth-order valence-corrected chi connectivity index (χ4v) is 5.75. The summed E-state index contributed by atoms with van der Waals surface area (Å²) in [5.74, 6) is 0. The number of hydrogen-bond donors (Lipinski definition) is 0. The molecule has 39 heavy (non-hydrogen) atoms. The Kier molecular flexibility index (Phi) is 7.42. The fourth-order valence-electron chi connectivity index (χ4n) is 4.75. The quantitative estimate of drug-likeness (QED) is 0.170. The van der Waals surface area contributed by atoms with Gasteiger partial charge in [-0.1, -0.05) is 60.7 Å². The molecule has 1 unspecified atom stereocenters. The van der Waals surface area contributed by atoms with Crippen molar-refractivity contribution in [2.45, 2.75) is 32.7 Å². The number of rotatable bonds is 8. The van der Waals surface area contributed by atoms with Crippen LogP contribution in [0.3, 0.4) is 0 Å². The van der Waals surface area contributed by atoms with Crippen molar-refractivity contribution in [2.24, 2.45) is 12.0 Å². The van der Waals surface area contributed by atoms with E-state index in [2.05, 4.69) is 23.6 Å². The molecule has 198 valence electrons. The summed E-state index contributed by atoms with van der Waals surface area (Å²) in [4.78, 5) is 30.3. The molecule has 0 aliphatic carbocycles. The van der Waals surface area contributed by atoms with E-state index >= 15 is 0 Å². The topological polar surface area (TPSA) is 87.4 Å². The first-order valence-corrected chi connectivity index (χ1v) is 13.6. The van der Waals surface area contributed by atoms with Crippen LogP contribution >= 0.6 is 11.3 Å². The molecule has 0 amide bonds. The zero-order valence-electron chi connectivity index (χ0n) is 22.0. The van der Waals surface area contributed by atoms with Crippen LogP contribution in [0.15, 0.2) is 100 Å². The van der Waals surface area contributed by atoms with Gasteiger partial charge in [-0.15, -0.1) is 11.3 Å². The van der Waals surface area contributed by atoms with Gasteiger partial charge in [0, 0.05) is 36.2 Å². The summed E-state index contributed by atoms with van der Waals surface area (Å²) in [6.07, 6.45) is 1.70. The number of nitro benzene ring substituents is 1. The average Bonchev–Trinajstić information content (AvgIpc) is 3.47. The largest absolute Gasteiger partial charge is 0.314 e. The van der Waals surface area contributed by atoms with Crippen molar-refractivity contribution in [3.8, 4) is 16.9 Å². The van der Waals surface area contributed by atoms with E-state index in [1.807, 2.05) is 78.6 Å². The summed E-state index contributed by atoms with van der Waals surface area (Å²) in [5, 5.41) is 13.4. The van der Waals surface area contributed by atoms with E-state index in [1.165, 1.54) is 23.0 Å². The van der Waals surface area contributed by atoms with Gasteiger partial charge in [0.2, 0.25) is 0 Å². The van der Waals surface area contributed by atoms with E-state index in [1.54, 1.807) is 16.8 Å². The van der Waals surface area contributed by atoms with Crippen LogP contribution in [0.25, 0.3) is 16.9 Å². The lowest BCUT2D eigenvalue weighted by molar-refractivity contribution is -0.384. The Balaban J connectivity index is 1.65. The van der Waals surface area contributed by atoms with Crippen LogP contribution in [0.2, 0.25) is 0 Å². The van der Waals surface area contributed by atoms with Crippen LogP contribution < -0.4 is 10.4 Å². The standard InChI is InChI=1S/C30H29N5O3S/c1-21(17-18-23-11-6-4-7-12-23)33-27(24-13-10-16-26(19-24)35(37)38)20-39-30(33)31-28-22(2)32(3)34(29(28)36)25-14-8-5-9-15-25/h4-16,19-21H,17-18H2,1-3H3. The molecule has 0 spiro atoms. The second-order valence-corrected chi connectivity index (χ2v) is 10.3. The maximum Gasteiger partial charge on any atom is 0.297 e. The van der Waals surface area contributed by atoms with E-state index in [4.69, 9.17) is 4.99 Å². The Morgan fingerprint density at radius 1 is 1.00 bits per heavy atom. The number of thiazole rings is 1. The normalized spacial score (nSPS) is 12.5. The molecule has 0 radical (unpaired) electrons. The Hall–Kier alpha value is -4.50. The van der Waals surface area contributed by atoms with E-state index < -0.39 is 0 Å². The van der Waals surface area contributed by atoms with Crippen molar-refractivity contribution in [2.75, 3.05) is 0 Å². The van der Waals surface area contributed by atoms with Crippen LogP contribution in [0.1, 0.15) is 30.6 Å². The predicted molar refractivity (Wildman–Crippen MR) is 155 cm³/mol. The molecule has 2 aromatic heterocycles.